The van der Waals surface area contributed by atoms with Crippen LogP contribution in [0.25, 0.3) is 16.7 Å². The number of carbonyl (C=O) groups is 1. The van der Waals surface area contributed by atoms with Gasteiger partial charge in [-0.05, 0) is 56.4 Å². The van der Waals surface area contributed by atoms with E-state index in [-0.39, 0.29) is 24.1 Å². The molecule has 1 aliphatic carbocycles. The van der Waals surface area contributed by atoms with Crippen molar-refractivity contribution in [3.8, 4) is 5.69 Å². The quantitative estimate of drug-likeness (QED) is 0.700. The minimum Gasteiger partial charge on any atom is -0.352 e. The minimum absolute atomic E-state index is 0.00426. The highest BCUT2D eigenvalue weighted by Crippen LogP contribution is 2.24. The number of benzene rings is 1. The molecule has 30 heavy (non-hydrogen) atoms. The van der Waals surface area contributed by atoms with Crippen LogP contribution in [0.2, 0.25) is 0 Å². The lowest BCUT2D eigenvalue weighted by atomic mass is 9.95. The molecule has 6 nitrogen and oxygen atoms in total. The van der Waals surface area contributed by atoms with Crippen LogP contribution in [0.5, 0.6) is 0 Å². The van der Waals surface area contributed by atoms with Crippen LogP contribution in [0.1, 0.15) is 55.8 Å². The monoisotopic (exact) mass is 406 g/mol. The number of hydrogen-bond donors (Lipinski definition) is 1. The molecule has 1 aliphatic rings. The first kappa shape index (κ1) is 20.4. The Morgan fingerprint density at radius 3 is 2.50 bits per heavy atom. The fourth-order valence-electron chi connectivity index (χ4n) is 4.54. The zero-order chi connectivity index (χ0) is 21.3. The van der Waals surface area contributed by atoms with E-state index in [1.54, 1.807) is 15.3 Å². The van der Waals surface area contributed by atoms with E-state index in [0.717, 1.165) is 54.4 Å². The minimum atomic E-state index is -0.176. The van der Waals surface area contributed by atoms with E-state index in [0.29, 0.717) is 5.65 Å². The molecule has 0 unspecified atom stereocenters. The number of carbonyl (C=O) groups excluding carboxylic acids is 1. The number of aromatic nitrogens is 3. The van der Waals surface area contributed by atoms with Crippen LogP contribution in [-0.4, -0.2) is 26.3 Å². The molecular formula is C24H30N4O2. The first-order chi connectivity index (χ1) is 14.5. The normalized spacial score (nSPS) is 14.9. The van der Waals surface area contributed by atoms with Gasteiger partial charge in [-0.2, -0.15) is 5.10 Å². The largest absolute Gasteiger partial charge is 0.352 e. The van der Waals surface area contributed by atoms with E-state index >= 15 is 0 Å². The van der Waals surface area contributed by atoms with Crippen molar-refractivity contribution in [3.63, 3.8) is 0 Å². The van der Waals surface area contributed by atoms with Crippen molar-refractivity contribution in [2.75, 3.05) is 0 Å². The SMILES string of the molecule is CCc1ccc(-n2nc(C)c3c(C)cc(=O)n(CC(=O)NC4CCCCC4)c32)cc1. The van der Waals surface area contributed by atoms with Crippen LogP contribution in [0, 0.1) is 13.8 Å². The molecule has 3 aromatic rings. The van der Waals surface area contributed by atoms with Gasteiger partial charge in [0.2, 0.25) is 5.91 Å². The number of hydrogen-bond acceptors (Lipinski definition) is 3. The smallest absolute Gasteiger partial charge is 0.252 e. The third-order valence-electron chi connectivity index (χ3n) is 6.15. The molecule has 0 spiro atoms. The van der Waals surface area contributed by atoms with E-state index in [4.69, 9.17) is 5.10 Å². The van der Waals surface area contributed by atoms with Gasteiger partial charge in [0.25, 0.3) is 5.56 Å². The van der Waals surface area contributed by atoms with E-state index < -0.39 is 0 Å². The third-order valence-corrected chi connectivity index (χ3v) is 6.15. The molecule has 0 saturated heterocycles. The summed E-state index contributed by atoms with van der Waals surface area (Å²) in [6.45, 7) is 6.00. The summed E-state index contributed by atoms with van der Waals surface area (Å²) >= 11 is 0. The highest BCUT2D eigenvalue weighted by molar-refractivity contribution is 5.85. The number of nitrogens with one attached hydrogen (secondary N) is 1. The molecule has 0 atom stereocenters. The van der Waals surface area contributed by atoms with E-state index in [1.807, 2.05) is 26.0 Å². The maximum absolute atomic E-state index is 12.9. The van der Waals surface area contributed by atoms with E-state index in [1.165, 1.54) is 12.0 Å². The highest BCUT2D eigenvalue weighted by Gasteiger charge is 2.20. The van der Waals surface area contributed by atoms with E-state index in [2.05, 4.69) is 24.4 Å². The summed E-state index contributed by atoms with van der Waals surface area (Å²) in [6, 6.07) is 10.0. The Kier molecular flexibility index (Phi) is 5.75. The number of rotatable bonds is 5. The number of aryl methyl sites for hydroxylation is 3. The lowest BCUT2D eigenvalue weighted by molar-refractivity contribution is -0.122. The van der Waals surface area contributed by atoms with Gasteiger partial charge in [0.15, 0.2) is 0 Å². The summed E-state index contributed by atoms with van der Waals surface area (Å²) in [5.41, 5.74) is 4.37. The Balaban J connectivity index is 1.76. The Morgan fingerprint density at radius 2 is 1.83 bits per heavy atom. The lowest BCUT2D eigenvalue weighted by Crippen LogP contribution is -2.40. The average Bonchev–Trinajstić information content (AvgIpc) is 3.09. The second-order valence-electron chi connectivity index (χ2n) is 8.37. The molecule has 158 valence electrons. The molecule has 1 saturated carbocycles. The summed E-state index contributed by atoms with van der Waals surface area (Å²) in [5.74, 6) is -0.110. The van der Waals surface area contributed by atoms with Crippen molar-refractivity contribution in [1.29, 1.82) is 0 Å². The Hall–Kier alpha value is -2.89. The first-order valence-corrected chi connectivity index (χ1v) is 11.0. The van der Waals surface area contributed by atoms with Gasteiger partial charge in [-0.25, -0.2) is 4.68 Å². The zero-order valence-electron chi connectivity index (χ0n) is 18.1. The predicted octanol–water partition coefficient (Wildman–Crippen LogP) is 3.82. The Morgan fingerprint density at radius 1 is 1.13 bits per heavy atom. The number of nitrogens with zero attached hydrogens (tertiary/aromatic N) is 3. The number of fused-ring (bicyclic) bond motifs is 1. The molecule has 1 fully saturated rings. The lowest BCUT2D eigenvalue weighted by Gasteiger charge is -2.23. The summed E-state index contributed by atoms with van der Waals surface area (Å²) in [5, 5.41) is 8.78. The fourth-order valence-corrected chi connectivity index (χ4v) is 4.54. The molecule has 0 bridgehead atoms. The molecule has 2 heterocycles. The van der Waals surface area contributed by atoms with Crippen molar-refractivity contribution in [1.82, 2.24) is 19.7 Å². The predicted molar refractivity (Wildman–Crippen MR) is 119 cm³/mol. The maximum atomic E-state index is 12.9. The molecule has 6 heteroatoms. The Bertz CT molecular complexity index is 1120. The van der Waals surface area contributed by atoms with Crippen LogP contribution in [-0.2, 0) is 17.8 Å². The standard InChI is InChI=1S/C24H30N4O2/c1-4-18-10-12-20(13-11-18)28-24-23(17(3)26-28)16(2)14-22(30)27(24)15-21(29)25-19-8-6-5-7-9-19/h10-14,19H,4-9,15H2,1-3H3,(H,25,29). The third kappa shape index (κ3) is 3.91. The molecule has 0 radical (unpaired) electrons. The van der Waals surface area contributed by atoms with Crippen molar-refractivity contribution < 1.29 is 4.79 Å². The van der Waals surface area contributed by atoms with Gasteiger partial charge >= 0.3 is 0 Å². The molecular weight excluding hydrogens is 376 g/mol. The van der Waals surface area contributed by atoms with Crippen molar-refractivity contribution in [2.24, 2.45) is 0 Å². The van der Waals surface area contributed by atoms with Gasteiger partial charge in [-0.1, -0.05) is 38.3 Å². The molecule has 1 amide bonds. The topological polar surface area (TPSA) is 68.9 Å². The first-order valence-electron chi connectivity index (χ1n) is 11.0. The molecule has 1 aromatic carbocycles. The van der Waals surface area contributed by atoms with Gasteiger partial charge in [0.05, 0.1) is 11.4 Å². The van der Waals surface area contributed by atoms with Crippen LogP contribution < -0.4 is 10.9 Å². The van der Waals surface area contributed by atoms with Crippen molar-refractivity contribution >= 4 is 16.9 Å². The molecule has 2 aromatic heterocycles. The highest BCUT2D eigenvalue weighted by atomic mass is 16.2. The number of pyridine rings is 1. The van der Waals surface area contributed by atoms with Gasteiger partial charge < -0.3 is 5.32 Å². The van der Waals surface area contributed by atoms with Gasteiger partial charge in [0, 0.05) is 17.5 Å². The summed E-state index contributed by atoms with van der Waals surface area (Å²) < 4.78 is 3.36. The van der Waals surface area contributed by atoms with E-state index in [9.17, 15) is 9.59 Å². The molecule has 4 rings (SSSR count). The summed E-state index contributed by atoms with van der Waals surface area (Å²) in [6.07, 6.45) is 6.54. The Labute approximate surface area is 176 Å². The second kappa shape index (κ2) is 8.46. The zero-order valence-corrected chi connectivity index (χ0v) is 18.1. The van der Waals surface area contributed by atoms with Gasteiger partial charge in [0.1, 0.15) is 12.2 Å². The summed E-state index contributed by atoms with van der Waals surface area (Å²) in [7, 11) is 0. The van der Waals surface area contributed by atoms with Crippen LogP contribution in [0.4, 0.5) is 0 Å². The maximum Gasteiger partial charge on any atom is 0.252 e. The van der Waals surface area contributed by atoms with Crippen LogP contribution in [0.15, 0.2) is 35.1 Å². The van der Waals surface area contributed by atoms with Crippen LogP contribution in [0.3, 0.4) is 0 Å². The van der Waals surface area contributed by atoms with Gasteiger partial charge in [-0.3, -0.25) is 14.2 Å². The summed E-state index contributed by atoms with van der Waals surface area (Å²) in [4.78, 5) is 25.7. The second-order valence-corrected chi connectivity index (χ2v) is 8.37. The van der Waals surface area contributed by atoms with Crippen LogP contribution >= 0.6 is 0 Å². The molecule has 0 aliphatic heterocycles. The van der Waals surface area contributed by atoms with Crippen molar-refractivity contribution in [2.45, 2.75) is 71.9 Å². The average molecular weight is 407 g/mol. The molecule has 1 N–H and O–H groups in total. The fraction of sp³-hybridized carbons (Fsp3) is 0.458. The number of amides is 1. The van der Waals surface area contributed by atoms with Crippen molar-refractivity contribution in [3.05, 3.63) is 57.5 Å². The van der Waals surface area contributed by atoms with Gasteiger partial charge in [-0.15, -0.1) is 0 Å².